The molecular weight excluding hydrogens is 323 g/mol. The lowest BCUT2D eigenvalue weighted by atomic mass is 10.7. The van der Waals surface area contributed by atoms with Gasteiger partial charge in [0.05, 0.1) is 4.47 Å². The SMILES string of the molecule is Brc1cnc2ncnn2c1I. The fourth-order valence-electron chi connectivity index (χ4n) is 0.731. The third-order valence-electron chi connectivity index (χ3n) is 1.21. The first-order chi connectivity index (χ1) is 5.29. The molecule has 2 rings (SSSR count). The van der Waals surface area contributed by atoms with E-state index in [0.717, 1.165) is 8.17 Å². The molecule has 2 heterocycles. The van der Waals surface area contributed by atoms with Crippen LogP contribution in [0.4, 0.5) is 0 Å². The summed E-state index contributed by atoms with van der Waals surface area (Å²) < 4.78 is 3.58. The molecule has 0 saturated carbocycles. The van der Waals surface area contributed by atoms with Crippen LogP contribution in [-0.4, -0.2) is 19.6 Å². The summed E-state index contributed by atoms with van der Waals surface area (Å²) in [4.78, 5) is 7.98. The van der Waals surface area contributed by atoms with Crippen molar-refractivity contribution in [2.75, 3.05) is 0 Å². The molecule has 0 aliphatic carbocycles. The number of fused-ring (bicyclic) bond motifs is 1. The highest BCUT2D eigenvalue weighted by molar-refractivity contribution is 14.1. The Balaban J connectivity index is 2.93. The highest BCUT2D eigenvalue weighted by Gasteiger charge is 2.03. The maximum atomic E-state index is 4.04. The summed E-state index contributed by atoms with van der Waals surface area (Å²) >= 11 is 5.52. The average Bonchev–Trinajstić information content (AvgIpc) is 2.45. The summed E-state index contributed by atoms with van der Waals surface area (Å²) in [5, 5.41) is 3.98. The number of aromatic nitrogens is 4. The van der Waals surface area contributed by atoms with Gasteiger partial charge < -0.3 is 0 Å². The molecular formula is C5H2BrIN4. The molecule has 0 N–H and O–H groups in total. The zero-order valence-corrected chi connectivity index (χ0v) is 8.94. The second-order valence-corrected chi connectivity index (χ2v) is 3.74. The average molecular weight is 325 g/mol. The van der Waals surface area contributed by atoms with Crippen molar-refractivity contribution in [2.24, 2.45) is 0 Å². The Morgan fingerprint density at radius 1 is 1.45 bits per heavy atom. The van der Waals surface area contributed by atoms with Crippen molar-refractivity contribution in [3.8, 4) is 0 Å². The molecule has 0 atom stereocenters. The Bertz CT molecular complexity index is 398. The number of halogens is 2. The predicted molar refractivity (Wildman–Crippen MR) is 51.2 cm³/mol. The fourth-order valence-corrected chi connectivity index (χ4v) is 1.48. The zero-order valence-electron chi connectivity index (χ0n) is 5.20. The molecule has 0 radical (unpaired) electrons. The molecule has 4 nitrogen and oxygen atoms in total. The van der Waals surface area contributed by atoms with E-state index >= 15 is 0 Å². The van der Waals surface area contributed by atoms with E-state index in [-0.39, 0.29) is 0 Å². The Labute approximate surface area is 84.3 Å². The molecule has 11 heavy (non-hydrogen) atoms. The lowest BCUT2D eigenvalue weighted by Gasteiger charge is -1.95. The molecule has 0 aromatic carbocycles. The Kier molecular flexibility index (Phi) is 1.80. The van der Waals surface area contributed by atoms with Gasteiger partial charge >= 0.3 is 0 Å². The normalized spacial score (nSPS) is 10.7. The number of hydrogen-bond donors (Lipinski definition) is 0. The van der Waals surface area contributed by atoms with Gasteiger partial charge in [0.2, 0.25) is 0 Å². The van der Waals surface area contributed by atoms with Crippen LogP contribution in [0, 0.1) is 3.70 Å². The molecule has 0 aliphatic rings. The van der Waals surface area contributed by atoms with Crippen molar-refractivity contribution in [1.29, 1.82) is 0 Å². The molecule has 2 aromatic heterocycles. The third kappa shape index (κ3) is 1.13. The molecule has 56 valence electrons. The highest BCUT2D eigenvalue weighted by atomic mass is 127. The Hall–Kier alpha value is -0.240. The largest absolute Gasteiger partial charge is 0.253 e. The van der Waals surface area contributed by atoms with Crippen LogP contribution in [0.25, 0.3) is 5.78 Å². The van der Waals surface area contributed by atoms with Crippen LogP contribution < -0.4 is 0 Å². The van der Waals surface area contributed by atoms with E-state index < -0.39 is 0 Å². The van der Waals surface area contributed by atoms with Gasteiger partial charge in [-0.15, -0.1) is 0 Å². The van der Waals surface area contributed by atoms with Gasteiger partial charge in [0.1, 0.15) is 10.0 Å². The van der Waals surface area contributed by atoms with Crippen LogP contribution in [0.3, 0.4) is 0 Å². The number of nitrogens with zero attached hydrogens (tertiary/aromatic N) is 4. The van der Waals surface area contributed by atoms with Crippen molar-refractivity contribution in [3.05, 3.63) is 20.7 Å². The first-order valence-corrected chi connectivity index (χ1v) is 4.66. The van der Waals surface area contributed by atoms with Crippen molar-refractivity contribution < 1.29 is 0 Å². The van der Waals surface area contributed by atoms with Crippen molar-refractivity contribution in [1.82, 2.24) is 19.6 Å². The molecule has 0 fully saturated rings. The lowest BCUT2D eigenvalue weighted by Crippen LogP contribution is -1.96. The first kappa shape index (κ1) is 7.41. The minimum atomic E-state index is 0.623. The van der Waals surface area contributed by atoms with Crippen molar-refractivity contribution in [3.63, 3.8) is 0 Å². The summed E-state index contributed by atoms with van der Waals surface area (Å²) in [6, 6.07) is 0. The van der Waals surface area contributed by atoms with E-state index in [0.29, 0.717) is 5.78 Å². The van der Waals surface area contributed by atoms with Crippen LogP contribution >= 0.6 is 38.5 Å². The number of hydrogen-bond acceptors (Lipinski definition) is 3. The van der Waals surface area contributed by atoms with Gasteiger partial charge in [-0.2, -0.15) is 14.6 Å². The maximum absolute atomic E-state index is 4.04. The van der Waals surface area contributed by atoms with Gasteiger partial charge in [0, 0.05) is 6.20 Å². The quantitative estimate of drug-likeness (QED) is 0.545. The monoisotopic (exact) mass is 324 g/mol. The Morgan fingerprint density at radius 3 is 3.09 bits per heavy atom. The molecule has 0 aliphatic heterocycles. The first-order valence-electron chi connectivity index (χ1n) is 2.79. The van der Waals surface area contributed by atoms with Crippen LogP contribution in [0.2, 0.25) is 0 Å². The lowest BCUT2D eigenvalue weighted by molar-refractivity contribution is 0.903. The van der Waals surface area contributed by atoms with Crippen LogP contribution in [0.15, 0.2) is 17.0 Å². The van der Waals surface area contributed by atoms with Gasteiger partial charge in [-0.3, -0.25) is 0 Å². The van der Waals surface area contributed by atoms with Crippen LogP contribution in [-0.2, 0) is 0 Å². The standard InChI is InChI=1S/C5H2BrIN4/c6-3-1-8-5-9-2-10-11(5)4(3)7/h1-2H. The van der Waals surface area contributed by atoms with E-state index in [2.05, 4.69) is 53.6 Å². The van der Waals surface area contributed by atoms with Crippen LogP contribution in [0.1, 0.15) is 0 Å². The summed E-state index contributed by atoms with van der Waals surface area (Å²) in [5.41, 5.74) is 0. The molecule has 0 unspecified atom stereocenters. The smallest absolute Gasteiger partial charge is 0.218 e. The van der Waals surface area contributed by atoms with Gasteiger partial charge in [-0.05, 0) is 38.5 Å². The summed E-state index contributed by atoms with van der Waals surface area (Å²) in [6.07, 6.45) is 3.20. The predicted octanol–water partition coefficient (Wildman–Crippen LogP) is 1.49. The zero-order chi connectivity index (χ0) is 7.84. The van der Waals surface area contributed by atoms with Crippen LogP contribution in [0.5, 0.6) is 0 Å². The molecule has 0 bridgehead atoms. The highest BCUT2D eigenvalue weighted by Crippen LogP contribution is 2.16. The summed E-state index contributed by atoms with van der Waals surface area (Å²) in [7, 11) is 0. The third-order valence-corrected chi connectivity index (χ3v) is 3.57. The summed E-state index contributed by atoms with van der Waals surface area (Å²) in [6.45, 7) is 0. The van der Waals surface area contributed by atoms with Crippen molar-refractivity contribution in [2.45, 2.75) is 0 Å². The molecule has 2 aromatic rings. The van der Waals surface area contributed by atoms with E-state index in [1.807, 2.05) is 0 Å². The number of rotatable bonds is 0. The van der Waals surface area contributed by atoms with E-state index in [9.17, 15) is 0 Å². The van der Waals surface area contributed by atoms with E-state index in [4.69, 9.17) is 0 Å². The molecule has 0 amide bonds. The fraction of sp³-hybridized carbons (Fsp3) is 0. The minimum Gasteiger partial charge on any atom is -0.218 e. The molecule has 0 spiro atoms. The van der Waals surface area contributed by atoms with Gasteiger partial charge in [0.25, 0.3) is 5.78 Å². The van der Waals surface area contributed by atoms with E-state index in [1.165, 1.54) is 6.33 Å². The van der Waals surface area contributed by atoms with Crippen molar-refractivity contribution >= 4 is 44.3 Å². The second-order valence-electron chi connectivity index (χ2n) is 1.87. The summed E-state index contributed by atoms with van der Waals surface area (Å²) in [5.74, 6) is 0.623. The second kappa shape index (κ2) is 2.67. The topological polar surface area (TPSA) is 43.1 Å². The molecule has 6 heteroatoms. The van der Waals surface area contributed by atoms with Gasteiger partial charge in [-0.1, -0.05) is 0 Å². The maximum Gasteiger partial charge on any atom is 0.253 e. The Morgan fingerprint density at radius 2 is 2.27 bits per heavy atom. The van der Waals surface area contributed by atoms with E-state index in [1.54, 1.807) is 10.7 Å². The van der Waals surface area contributed by atoms with Gasteiger partial charge in [-0.25, -0.2) is 4.98 Å². The minimum absolute atomic E-state index is 0.623. The molecule has 0 saturated heterocycles. The van der Waals surface area contributed by atoms with Gasteiger partial charge in [0.15, 0.2) is 0 Å².